The summed E-state index contributed by atoms with van der Waals surface area (Å²) in [4.78, 5) is 11.0. The second-order valence-electron chi connectivity index (χ2n) is 6.39. The molecule has 2 aromatic rings. The molecule has 8 heteroatoms. The number of morpholine rings is 1. The zero-order valence-electron chi connectivity index (χ0n) is 15.8. The van der Waals surface area contributed by atoms with Crippen molar-refractivity contribution in [3.05, 3.63) is 30.2 Å². The van der Waals surface area contributed by atoms with Crippen LogP contribution in [0.4, 0.5) is 0 Å². The van der Waals surface area contributed by atoms with Crippen LogP contribution in [0.3, 0.4) is 0 Å². The highest BCUT2D eigenvalue weighted by atomic mass is 16.5. The minimum Gasteiger partial charge on any atom is -0.497 e. The Hall–Kier alpha value is -2.61. The van der Waals surface area contributed by atoms with Gasteiger partial charge in [0.05, 0.1) is 20.3 Å². The summed E-state index contributed by atoms with van der Waals surface area (Å²) in [6.45, 7) is 3.83. The zero-order valence-corrected chi connectivity index (χ0v) is 15.8. The molecule has 0 unspecified atom stereocenters. The molecule has 0 spiro atoms. The van der Waals surface area contributed by atoms with Crippen LogP contribution in [0.2, 0.25) is 0 Å². The fraction of sp³-hybridized carbons (Fsp3) is 0.526. The van der Waals surface area contributed by atoms with Crippen LogP contribution in [0.5, 0.6) is 5.75 Å². The lowest BCUT2D eigenvalue weighted by molar-refractivity contribution is 0.0674. The van der Waals surface area contributed by atoms with Gasteiger partial charge in [-0.1, -0.05) is 11.6 Å². The first-order valence-electron chi connectivity index (χ1n) is 9.36. The summed E-state index contributed by atoms with van der Waals surface area (Å²) in [6, 6.07) is 7.61. The molecule has 1 saturated heterocycles. The van der Waals surface area contributed by atoms with Gasteiger partial charge in [-0.3, -0.25) is 4.99 Å². The predicted molar refractivity (Wildman–Crippen MR) is 103 cm³/mol. The monoisotopic (exact) mass is 373 g/mol. The van der Waals surface area contributed by atoms with E-state index in [2.05, 4.69) is 20.0 Å². The van der Waals surface area contributed by atoms with Crippen molar-refractivity contribution in [2.24, 2.45) is 10.7 Å². The highest BCUT2D eigenvalue weighted by Gasteiger charge is 2.12. The third-order valence-electron chi connectivity index (χ3n) is 4.47. The van der Waals surface area contributed by atoms with E-state index in [1.807, 2.05) is 24.3 Å². The minimum absolute atomic E-state index is 0.607. The molecule has 146 valence electrons. The van der Waals surface area contributed by atoms with Crippen molar-refractivity contribution in [3.8, 4) is 17.1 Å². The number of nitrogens with zero attached hydrogens (tertiary/aromatic N) is 4. The fourth-order valence-electron chi connectivity index (χ4n) is 2.86. The molecule has 2 N–H and O–H groups in total. The molecular formula is C19H27N5O3. The van der Waals surface area contributed by atoms with Gasteiger partial charge in [0.25, 0.3) is 0 Å². The van der Waals surface area contributed by atoms with Gasteiger partial charge in [-0.15, -0.1) is 0 Å². The molecule has 0 atom stereocenters. The van der Waals surface area contributed by atoms with Crippen LogP contribution in [0.15, 0.2) is 33.8 Å². The average Bonchev–Trinajstić information content (AvgIpc) is 3.20. The first-order valence-corrected chi connectivity index (χ1v) is 9.36. The molecule has 8 nitrogen and oxygen atoms in total. The third kappa shape index (κ3) is 5.68. The van der Waals surface area contributed by atoms with Crippen LogP contribution in [0.1, 0.15) is 25.2 Å². The Labute approximate surface area is 159 Å². The maximum Gasteiger partial charge on any atom is 0.226 e. The van der Waals surface area contributed by atoms with Crippen molar-refractivity contribution in [2.45, 2.75) is 25.7 Å². The van der Waals surface area contributed by atoms with Crippen LogP contribution < -0.4 is 10.5 Å². The third-order valence-corrected chi connectivity index (χ3v) is 4.47. The Morgan fingerprint density at radius 2 is 1.96 bits per heavy atom. The molecule has 1 aliphatic heterocycles. The van der Waals surface area contributed by atoms with Crippen LogP contribution in [0.25, 0.3) is 11.4 Å². The van der Waals surface area contributed by atoms with E-state index >= 15 is 0 Å². The van der Waals surface area contributed by atoms with Gasteiger partial charge in [0, 0.05) is 31.6 Å². The van der Waals surface area contributed by atoms with Gasteiger partial charge in [-0.05, 0) is 37.1 Å². The van der Waals surface area contributed by atoms with E-state index in [-0.39, 0.29) is 0 Å². The number of benzene rings is 1. The topological polar surface area (TPSA) is 99.0 Å². The first-order chi connectivity index (χ1) is 13.3. The van der Waals surface area contributed by atoms with Crippen LogP contribution in [0, 0.1) is 0 Å². The van der Waals surface area contributed by atoms with Crippen molar-refractivity contribution < 1.29 is 14.0 Å². The molecule has 0 amide bonds. The number of hydrogen-bond donors (Lipinski definition) is 1. The minimum atomic E-state index is 0.607. The summed E-state index contributed by atoms with van der Waals surface area (Å²) in [5.41, 5.74) is 6.93. The lowest BCUT2D eigenvalue weighted by Crippen LogP contribution is -2.44. The van der Waals surface area contributed by atoms with Crippen molar-refractivity contribution in [2.75, 3.05) is 40.0 Å². The van der Waals surface area contributed by atoms with Gasteiger partial charge < -0.3 is 24.6 Å². The van der Waals surface area contributed by atoms with Crippen LogP contribution in [-0.4, -0.2) is 61.0 Å². The molecule has 3 rings (SSSR count). The highest BCUT2D eigenvalue weighted by Crippen LogP contribution is 2.20. The average molecular weight is 373 g/mol. The maximum atomic E-state index is 6.01. The number of nitrogens with two attached hydrogens (primary N) is 1. The highest BCUT2D eigenvalue weighted by molar-refractivity contribution is 5.78. The molecule has 1 aromatic carbocycles. The Kier molecular flexibility index (Phi) is 7.04. The van der Waals surface area contributed by atoms with E-state index in [0.717, 1.165) is 69.8 Å². The predicted octanol–water partition coefficient (Wildman–Crippen LogP) is 2.10. The summed E-state index contributed by atoms with van der Waals surface area (Å²) < 4.78 is 15.8. The number of aryl methyl sites for hydroxylation is 1. The van der Waals surface area contributed by atoms with E-state index < -0.39 is 0 Å². The maximum absolute atomic E-state index is 6.01. The molecule has 0 radical (unpaired) electrons. The van der Waals surface area contributed by atoms with E-state index in [9.17, 15) is 0 Å². The van der Waals surface area contributed by atoms with Crippen molar-refractivity contribution in [1.29, 1.82) is 0 Å². The molecule has 1 aromatic heterocycles. The van der Waals surface area contributed by atoms with Gasteiger partial charge >= 0.3 is 0 Å². The van der Waals surface area contributed by atoms with Crippen molar-refractivity contribution in [1.82, 2.24) is 15.0 Å². The first kappa shape index (κ1) is 19.2. The second-order valence-corrected chi connectivity index (χ2v) is 6.39. The molecule has 1 aliphatic rings. The standard InChI is InChI=1S/C19H27N5O3/c1-25-16-8-6-15(7-9-16)18-22-17(27-23-18)5-3-2-4-10-21-19(20)24-11-13-26-14-12-24/h6-9H,2-5,10-14H2,1H3,(H2,20,21). The molecule has 27 heavy (non-hydrogen) atoms. The molecule has 0 bridgehead atoms. The number of aliphatic imine (C=N–C) groups is 1. The van der Waals surface area contributed by atoms with Gasteiger partial charge in [0.15, 0.2) is 5.96 Å². The number of hydrogen-bond acceptors (Lipinski definition) is 6. The Balaban J connectivity index is 1.36. The summed E-state index contributed by atoms with van der Waals surface area (Å²) in [6.07, 6.45) is 3.79. The number of methoxy groups -OCH3 is 1. The van der Waals surface area contributed by atoms with E-state index in [1.165, 1.54) is 0 Å². The smallest absolute Gasteiger partial charge is 0.226 e. The number of aromatic nitrogens is 2. The summed E-state index contributed by atoms with van der Waals surface area (Å²) >= 11 is 0. The Morgan fingerprint density at radius 3 is 2.70 bits per heavy atom. The normalized spacial score (nSPS) is 15.1. The lowest BCUT2D eigenvalue weighted by atomic mass is 10.2. The van der Waals surface area contributed by atoms with Gasteiger partial charge in [0.2, 0.25) is 11.7 Å². The summed E-state index contributed by atoms with van der Waals surface area (Å²) in [5, 5.41) is 4.05. The van der Waals surface area contributed by atoms with Crippen molar-refractivity contribution in [3.63, 3.8) is 0 Å². The zero-order chi connectivity index (χ0) is 18.9. The van der Waals surface area contributed by atoms with Gasteiger partial charge in [-0.25, -0.2) is 0 Å². The lowest BCUT2D eigenvalue weighted by Gasteiger charge is -2.27. The molecule has 0 saturated carbocycles. The quantitative estimate of drug-likeness (QED) is 0.430. The SMILES string of the molecule is COc1ccc(-c2noc(CCCCCN=C(N)N3CCOCC3)n2)cc1. The van der Waals surface area contributed by atoms with Gasteiger partial charge in [-0.2, -0.15) is 4.98 Å². The molecule has 1 fully saturated rings. The largest absolute Gasteiger partial charge is 0.497 e. The molecular weight excluding hydrogens is 346 g/mol. The molecule has 2 heterocycles. The van der Waals surface area contributed by atoms with E-state index in [1.54, 1.807) is 7.11 Å². The fourth-order valence-corrected chi connectivity index (χ4v) is 2.86. The van der Waals surface area contributed by atoms with E-state index in [0.29, 0.717) is 17.7 Å². The van der Waals surface area contributed by atoms with Crippen LogP contribution >= 0.6 is 0 Å². The number of guanidine groups is 1. The number of rotatable bonds is 8. The number of unbranched alkanes of at least 4 members (excludes halogenated alkanes) is 2. The second kappa shape index (κ2) is 9.91. The molecule has 0 aliphatic carbocycles. The Bertz CT molecular complexity index is 723. The van der Waals surface area contributed by atoms with Gasteiger partial charge in [0.1, 0.15) is 5.75 Å². The Morgan fingerprint density at radius 1 is 1.19 bits per heavy atom. The van der Waals surface area contributed by atoms with E-state index in [4.69, 9.17) is 19.7 Å². The summed E-state index contributed by atoms with van der Waals surface area (Å²) in [5.74, 6) is 2.70. The summed E-state index contributed by atoms with van der Waals surface area (Å²) in [7, 11) is 1.64. The van der Waals surface area contributed by atoms with Crippen molar-refractivity contribution >= 4 is 5.96 Å². The number of ether oxygens (including phenoxy) is 2. The van der Waals surface area contributed by atoms with Crippen LogP contribution in [-0.2, 0) is 11.2 Å².